The Kier molecular flexibility index (Phi) is 2.38. The lowest BCUT2D eigenvalue weighted by molar-refractivity contribution is 0.394. The largest absolute Gasteiger partial charge is 0.0651 e. The van der Waals surface area contributed by atoms with E-state index < -0.39 is 0 Å². The lowest BCUT2D eigenvalue weighted by Crippen LogP contribution is -2.04. The molecule has 2 radical (unpaired) electrons. The normalized spacial score (nSPS) is 23.6. The molecule has 0 aromatic heterocycles. The monoisotopic (exact) mass is 110 g/mol. The lowest BCUT2D eigenvalue weighted by Gasteiger charge is -2.18. The third kappa shape index (κ3) is 1.50. The molecule has 46 valence electrons. The van der Waals surface area contributed by atoms with Gasteiger partial charge in [-0.25, -0.2) is 0 Å². The molecule has 0 heterocycles. The predicted octanol–water partition coefficient (Wildman–Crippen LogP) is 2.67. The Balaban J connectivity index is 2.13. The second-order valence-electron chi connectivity index (χ2n) is 2.60. The molecule has 1 saturated carbocycles. The first-order valence-corrected chi connectivity index (χ1v) is 3.64. The summed E-state index contributed by atoms with van der Waals surface area (Å²) in [5.41, 5.74) is 0. The van der Waals surface area contributed by atoms with Crippen LogP contribution in [-0.4, -0.2) is 0 Å². The van der Waals surface area contributed by atoms with Crippen LogP contribution in [0.1, 0.15) is 39.0 Å². The van der Waals surface area contributed by atoms with Crippen molar-refractivity contribution in [1.29, 1.82) is 0 Å². The van der Waals surface area contributed by atoms with Crippen molar-refractivity contribution in [3.8, 4) is 0 Å². The summed E-state index contributed by atoms with van der Waals surface area (Å²) in [5.74, 6) is 1.02. The van der Waals surface area contributed by atoms with Crippen molar-refractivity contribution < 1.29 is 0 Å². The molecule has 1 aliphatic carbocycles. The van der Waals surface area contributed by atoms with Crippen molar-refractivity contribution in [2.24, 2.45) is 5.92 Å². The van der Waals surface area contributed by atoms with E-state index in [1.165, 1.54) is 32.1 Å². The van der Waals surface area contributed by atoms with Crippen molar-refractivity contribution >= 4 is 0 Å². The SMILES string of the molecule is CCC1CC[C]CC1. The van der Waals surface area contributed by atoms with Crippen molar-refractivity contribution in [2.45, 2.75) is 39.0 Å². The van der Waals surface area contributed by atoms with Gasteiger partial charge in [0.05, 0.1) is 0 Å². The van der Waals surface area contributed by atoms with E-state index in [0.717, 1.165) is 5.92 Å². The molecule has 1 aliphatic rings. The molecule has 0 N–H and O–H groups in total. The quantitative estimate of drug-likeness (QED) is 0.487. The average molecular weight is 110 g/mol. The maximum Gasteiger partial charge on any atom is -0.0173 e. The van der Waals surface area contributed by atoms with E-state index in [1.54, 1.807) is 0 Å². The Bertz CT molecular complexity index is 51.1. The van der Waals surface area contributed by atoms with Crippen LogP contribution in [0.25, 0.3) is 0 Å². The second-order valence-corrected chi connectivity index (χ2v) is 2.60. The van der Waals surface area contributed by atoms with Crippen molar-refractivity contribution in [1.82, 2.24) is 0 Å². The van der Waals surface area contributed by atoms with Gasteiger partial charge in [-0.2, -0.15) is 0 Å². The van der Waals surface area contributed by atoms with Crippen LogP contribution in [0, 0.1) is 12.3 Å². The fraction of sp³-hybridized carbons (Fsp3) is 0.875. The van der Waals surface area contributed by atoms with Gasteiger partial charge in [0.25, 0.3) is 0 Å². The highest BCUT2D eigenvalue weighted by Gasteiger charge is 2.10. The number of hydrogen-bond acceptors (Lipinski definition) is 0. The smallest absolute Gasteiger partial charge is 0.0173 e. The van der Waals surface area contributed by atoms with Crippen LogP contribution < -0.4 is 0 Å². The topological polar surface area (TPSA) is 0 Å². The average Bonchev–Trinajstić information content (AvgIpc) is 1.90. The molecule has 1 fully saturated rings. The molecule has 0 aliphatic heterocycles. The predicted molar refractivity (Wildman–Crippen MR) is 35.5 cm³/mol. The first-order valence-electron chi connectivity index (χ1n) is 3.64. The zero-order valence-electron chi connectivity index (χ0n) is 5.61. The van der Waals surface area contributed by atoms with E-state index in [1.807, 2.05) is 0 Å². The third-order valence-electron chi connectivity index (χ3n) is 2.04. The van der Waals surface area contributed by atoms with Gasteiger partial charge in [-0.05, 0) is 38.0 Å². The molecule has 0 heteroatoms. The summed E-state index contributed by atoms with van der Waals surface area (Å²) in [7, 11) is 0. The van der Waals surface area contributed by atoms with Gasteiger partial charge in [0, 0.05) is 0 Å². The highest BCUT2D eigenvalue weighted by atomic mass is 14.2. The standard InChI is InChI=1S/C8H14/c1-2-8-6-4-3-5-7-8/h8H,2,4-7H2,1H3. The Morgan fingerprint density at radius 1 is 1.38 bits per heavy atom. The van der Waals surface area contributed by atoms with Crippen LogP contribution >= 0.6 is 0 Å². The Morgan fingerprint density at radius 3 is 2.38 bits per heavy atom. The molecule has 0 atom stereocenters. The molecule has 0 unspecified atom stereocenters. The molecule has 0 saturated heterocycles. The van der Waals surface area contributed by atoms with Gasteiger partial charge in [-0.3, -0.25) is 0 Å². The summed E-state index contributed by atoms with van der Waals surface area (Å²) < 4.78 is 0. The van der Waals surface area contributed by atoms with Gasteiger partial charge >= 0.3 is 0 Å². The van der Waals surface area contributed by atoms with Crippen LogP contribution in [0.4, 0.5) is 0 Å². The Morgan fingerprint density at radius 2 is 2.00 bits per heavy atom. The van der Waals surface area contributed by atoms with Crippen molar-refractivity contribution in [3.63, 3.8) is 0 Å². The van der Waals surface area contributed by atoms with E-state index in [4.69, 9.17) is 0 Å². The third-order valence-corrected chi connectivity index (χ3v) is 2.04. The van der Waals surface area contributed by atoms with E-state index in [9.17, 15) is 0 Å². The lowest BCUT2D eigenvalue weighted by atomic mass is 9.88. The molecule has 8 heavy (non-hydrogen) atoms. The first kappa shape index (κ1) is 6.12. The highest BCUT2D eigenvalue weighted by Crippen LogP contribution is 2.24. The maximum atomic E-state index is 3.35. The maximum absolute atomic E-state index is 3.35. The van der Waals surface area contributed by atoms with Gasteiger partial charge in [0.2, 0.25) is 0 Å². The number of rotatable bonds is 1. The molecule has 1 rings (SSSR count). The summed E-state index contributed by atoms with van der Waals surface area (Å²) in [5, 5.41) is 0. The van der Waals surface area contributed by atoms with E-state index in [0.29, 0.717) is 0 Å². The minimum atomic E-state index is 1.02. The van der Waals surface area contributed by atoms with Gasteiger partial charge < -0.3 is 0 Å². The molecule has 0 spiro atoms. The minimum absolute atomic E-state index is 1.02. The summed E-state index contributed by atoms with van der Waals surface area (Å²) >= 11 is 0. The van der Waals surface area contributed by atoms with Crippen LogP contribution in [0.5, 0.6) is 0 Å². The fourth-order valence-electron chi connectivity index (χ4n) is 1.29. The summed E-state index contributed by atoms with van der Waals surface area (Å²) in [6.45, 7) is 2.29. The molecule has 0 amide bonds. The van der Waals surface area contributed by atoms with Crippen LogP contribution in [-0.2, 0) is 0 Å². The van der Waals surface area contributed by atoms with Crippen LogP contribution in [0.3, 0.4) is 0 Å². The molecule has 0 nitrogen and oxygen atoms in total. The molecular weight excluding hydrogens is 96.1 g/mol. The zero-order chi connectivity index (χ0) is 5.82. The van der Waals surface area contributed by atoms with Gasteiger partial charge in [0.15, 0.2) is 0 Å². The molecule has 0 aromatic carbocycles. The van der Waals surface area contributed by atoms with Crippen LogP contribution in [0.15, 0.2) is 0 Å². The van der Waals surface area contributed by atoms with Crippen molar-refractivity contribution in [2.75, 3.05) is 0 Å². The van der Waals surface area contributed by atoms with E-state index in [-0.39, 0.29) is 0 Å². The summed E-state index contributed by atoms with van der Waals surface area (Å²) in [4.78, 5) is 0. The summed E-state index contributed by atoms with van der Waals surface area (Å²) in [6.07, 6.45) is 10.0. The van der Waals surface area contributed by atoms with Gasteiger partial charge in [-0.15, -0.1) is 0 Å². The van der Waals surface area contributed by atoms with E-state index in [2.05, 4.69) is 13.3 Å². The fourth-order valence-corrected chi connectivity index (χ4v) is 1.29. The van der Waals surface area contributed by atoms with E-state index >= 15 is 0 Å². The van der Waals surface area contributed by atoms with Gasteiger partial charge in [-0.1, -0.05) is 13.3 Å². The zero-order valence-corrected chi connectivity index (χ0v) is 5.61. The Labute approximate surface area is 52.3 Å². The number of hydrogen-bond donors (Lipinski definition) is 0. The molecule has 0 bridgehead atoms. The second kappa shape index (κ2) is 3.11. The highest BCUT2D eigenvalue weighted by molar-refractivity contribution is 4.75. The Hall–Kier alpha value is 0. The molecule has 0 aromatic rings. The molecular formula is C8H14. The van der Waals surface area contributed by atoms with Gasteiger partial charge in [0.1, 0.15) is 0 Å². The minimum Gasteiger partial charge on any atom is -0.0651 e. The summed E-state index contributed by atoms with van der Waals surface area (Å²) in [6, 6.07) is 0. The van der Waals surface area contributed by atoms with Crippen molar-refractivity contribution in [3.05, 3.63) is 6.42 Å². The first-order chi connectivity index (χ1) is 3.93. The van der Waals surface area contributed by atoms with Crippen LogP contribution in [0.2, 0.25) is 0 Å².